The van der Waals surface area contributed by atoms with Gasteiger partial charge in [-0.3, -0.25) is 0 Å². The van der Waals surface area contributed by atoms with Crippen LogP contribution in [0.2, 0.25) is 0 Å². The fourth-order valence-corrected chi connectivity index (χ4v) is 0.559. The number of rotatable bonds is 1. The normalized spacial score (nSPS) is 11.7. The summed E-state index contributed by atoms with van der Waals surface area (Å²) in [5.41, 5.74) is 0. The van der Waals surface area contributed by atoms with E-state index >= 15 is 0 Å². The molecule has 1 rings (SSSR count). The van der Waals surface area contributed by atoms with E-state index in [4.69, 9.17) is 0 Å². The molecular weight excluding hydrogens is 148 g/mol. The zero-order valence-electron chi connectivity index (χ0n) is 4.01. The van der Waals surface area contributed by atoms with Crippen molar-refractivity contribution in [3.8, 4) is 0 Å². The summed E-state index contributed by atoms with van der Waals surface area (Å²) in [5, 5.41) is 4.96. The summed E-state index contributed by atoms with van der Waals surface area (Å²) in [4.78, 5) is 0. The number of hydrogen-bond acceptors (Lipinski definition) is 5. The molecule has 0 N–H and O–H groups in total. The monoisotopic (exact) mass is 149 g/mol. The lowest BCUT2D eigenvalue weighted by Crippen LogP contribution is -1.95. The lowest BCUT2D eigenvalue weighted by molar-refractivity contribution is 0.392. The molecule has 0 aromatic carbocycles. The third kappa shape index (κ3) is 1.24. The van der Waals surface area contributed by atoms with Crippen LogP contribution in [0, 0.1) is 0 Å². The molecule has 0 amide bonds. The van der Waals surface area contributed by atoms with Crippen LogP contribution >= 0.6 is 0 Å². The summed E-state index contributed by atoms with van der Waals surface area (Å²) >= 11 is 0. The molecule has 0 unspecified atom stereocenters. The first-order valence-electron chi connectivity index (χ1n) is 1.83. The maximum absolute atomic E-state index is 9.98. The van der Waals surface area contributed by atoms with Gasteiger partial charge in [0.25, 0.3) is 0 Å². The van der Waals surface area contributed by atoms with E-state index in [1.165, 1.54) is 0 Å². The minimum Gasteiger partial charge on any atom is -0.344 e. The first kappa shape index (κ1) is 6.17. The molecule has 1 aromatic heterocycles. The molecule has 6 nitrogen and oxygen atoms in total. The van der Waals surface area contributed by atoms with Gasteiger partial charge in [-0.1, -0.05) is 9.65 Å². The quantitative estimate of drug-likeness (QED) is 0.520. The maximum atomic E-state index is 9.98. The number of nitrogens with zero attached hydrogens (tertiary/aromatic N) is 2. The fraction of sp³-hybridized carbons (Fsp3) is 0. The molecule has 0 atom stereocenters. The van der Waals surface area contributed by atoms with Crippen molar-refractivity contribution in [1.82, 2.24) is 10.4 Å². The van der Waals surface area contributed by atoms with E-state index in [-0.39, 0.29) is 0 Å². The van der Waals surface area contributed by atoms with Crippen molar-refractivity contribution >= 4 is 10.1 Å². The van der Waals surface area contributed by atoms with Gasteiger partial charge in [-0.15, -0.1) is 0 Å². The average Bonchev–Trinajstić information content (AvgIpc) is 2.08. The van der Waals surface area contributed by atoms with Gasteiger partial charge < -0.3 is 4.52 Å². The minimum absolute atomic E-state index is 0.669. The Hall–Kier alpha value is -0.950. The molecule has 0 saturated heterocycles. The highest BCUT2D eigenvalue weighted by Crippen LogP contribution is 2.00. The van der Waals surface area contributed by atoms with E-state index in [0.29, 0.717) is 6.26 Å². The van der Waals surface area contributed by atoms with Gasteiger partial charge in [0.2, 0.25) is 5.03 Å². The van der Waals surface area contributed by atoms with Gasteiger partial charge in [0.05, 0.1) is 0 Å². The van der Waals surface area contributed by atoms with E-state index in [1.807, 2.05) is 0 Å². The van der Waals surface area contributed by atoms with Crippen molar-refractivity contribution in [2.45, 2.75) is 5.03 Å². The van der Waals surface area contributed by atoms with E-state index < -0.39 is 15.1 Å². The Bertz CT molecular complexity index is 274. The highest BCUT2D eigenvalue weighted by Gasteiger charge is 2.15. The zero-order chi connectivity index (χ0) is 6.91. The summed E-state index contributed by atoms with van der Waals surface area (Å²) in [6.07, 6.45) is 0.669. The Labute approximate surface area is 50.2 Å². The molecule has 0 aliphatic heterocycles. The van der Waals surface area contributed by atoms with Gasteiger partial charge >= 0.3 is 10.1 Å². The molecular formula is C2HN2O4S. The maximum Gasteiger partial charge on any atom is 0.347 e. The SMILES string of the molecule is [O]S(=O)(=O)c1conn1. The first-order valence-corrected chi connectivity index (χ1v) is 3.24. The van der Waals surface area contributed by atoms with Crippen LogP contribution in [0.25, 0.3) is 0 Å². The van der Waals surface area contributed by atoms with Crippen molar-refractivity contribution in [2.75, 3.05) is 0 Å². The standard InChI is InChI=1S/C2HN2O4S/c5-9(6,7)2-1-8-4-3-2/h1H. The summed E-state index contributed by atoms with van der Waals surface area (Å²) in [6.45, 7) is 0. The van der Waals surface area contributed by atoms with Crippen LogP contribution in [0.3, 0.4) is 0 Å². The first-order chi connectivity index (χ1) is 4.11. The van der Waals surface area contributed by atoms with Crippen molar-refractivity contribution in [3.05, 3.63) is 6.26 Å². The predicted molar refractivity (Wildman–Crippen MR) is 22.2 cm³/mol. The largest absolute Gasteiger partial charge is 0.347 e. The van der Waals surface area contributed by atoms with Gasteiger partial charge in [-0.2, -0.15) is 8.42 Å². The van der Waals surface area contributed by atoms with Gasteiger partial charge in [0, 0.05) is 5.27 Å². The highest BCUT2D eigenvalue weighted by molar-refractivity contribution is 7.85. The van der Waals surface area contributed by atoms with Crippen LogP contribution in [-0.4, -0.2) is 18.8 Å². The number of hydrogen-bond donors (Lipinski definition) is 0. The van der Waals surface area contributed by atoms with Crippen molar-refractivity contribution in [1.29, 1.82) is 0 Å². The van der Waals surface area contributed by atoms with Crippen molar-refractivity contribution in [3.63, 3.8) is 0 Å². The molecule has 0 spiro atoms. The van der Waals surface area contributed by atoms with Crippen LogP contribution in [-0.2, 0) is 14.7 Å². The Morgan fingerprint density at radius 1 is 1.56 bits per heavy atom. The lowest BCUT2D eigenvalue weighted by Gasteiger charge is -1.76. The van der Waals surface area contributed by atoms with Crippen LogP contribution < -0.4 is 0 Å². The molecule has 0 aliphatic carbocycles. The molecule has 0 saturated carbocycles. The molecule has 0 aliphatic rings. The van der Waals surface area contributed by atoms with Gasteiger partial charge in [-0.05, 0) is 0 Å². The number of aromatic nitrogens is 2. The minimum atomic E-state index is -4.48. The molecule has 1 radical (unpaired) electrons. The third-order valence-electron chi connectivity index (χ3n) is 0.596. The molecule has 7 heteroatoms. The zero-order valence-corrected chi connectivity index (χ0v) is 4.83. The van der Waals surface area contributed by atoms with E-state index in [0.717, 1.165) is 0 Å². The topological polar surface area (TPSA) is 93.0 Å². The summed E-state index contributed by atoms with van der Waals surface area (Å²) < 4.78 is 33.9. The second kappa shape index (κ2) is 1.78. The van der Waals surface area contributed by atoms with Gasteiger partial charge in [-0.25, -0.2) is 0 Å². The Morgan fingerprint density at radius 3 is 2.44 bits per heavy atom. The second-order valence-corrected chi connectivity index (χ2v) is 2.52. The Kier molecular flexibility index (Phi) is 1.22. The average molecular weight is 149 g/mol. The second-order valence-electron chi connectivity index (χ2n) is 1.20. The van der Waals surface area contributed by atoms with Crippen LogP contribution in [0.5, 0.6) is 0 Å². The van der Waals surface area contributed by atoms with E-state index in [1.54, 1.807) is 0 Å². The molecule has 0 bridgehead atoms. The summed E-state index contributed by atoms with van der Waals surface area (Å²) in [5.74, 6) is 0. The molecule has 49 valence electrons. The van der Waals surface area contributed by atoms with Crippen molar-refractivity contribution in [2.24, 2.45) is 0 Å². The van der Waals surface area contributed by atoms with E-state index in [9.17, 15) is 13.0 Å². The van der Waals surface area contributed by atoms with Crippen molar-refractivity contribution < 1.29 is 17.5 Å². The van der Waals surface area contributed by atoms with Crippen LogP contribution in [0.4, 0.5) is 0 Å². The molecule has 1 heterocycles. The van der Waals surface area contributed by atoms with Gasteiger partial charge in [0.15, 0.2) is 6.26 Å². The molecule has 0 fully saturated rings. The van der Waals surface area contributed by atoms with Crippen LogP contribution in [0.1, 0.15) is 0 Å². The Balaban J connectivity index is 3.20. The lowest BCUT2D eigenvalue weighted by atomic mass is 11.0. The molecule has 9 heavy (non-hydrogen) atoms. The summed E-state index contributed by atoms with van der Waals surface area (Å²) in [7, 11) is -4.48. The Morgan fingerprint density at radius 2 is 2.22 bits per heavy atom. The predicted octanol–water partition coefficient (Wildman–Crippen LogP) is -0.811. The third-order valence-corrected chi connectivity index (χ3v) is 1.29. The highest BCUT2D eigenvalue weighted by atomic mass is 32.2. The van der Waals surface area contributed by atoms with E-state index in [2.05, 4.69) is 14.9 Å². The van der Waals surface area contributed by atoms with Crippen LogP contribution in [0.15, 0.2) is 15.8 Å². The smallest absolute Gasteiger partial charge is 0.344 e. The summed E-state index contributed by atoms with van der Waals surface area (Å²) in [6, 6.07) is 0. The fourth-order valence-electron chi connectivity index (χ4n) is 0.265. The van der Waals surface area contributed by atoms with Gasteiger partial charge in [0.1, 0.15) is 0 Å². The molecule has 1 aromatic rings.